The molecule has 0 atom stereocenters. The SMILES string of the molecule is Cc1c(CC(=O)O)sc2nc(C(C)C)cn12. The van der Waals surface area contributed by atoms with E-state index in [1.54, 1.807) is 0 Å². The summed E-state index contributed by atoms with van der Waals surface area (Å²) in [5.41, 5.74) is 2.04. The minimum Gasteiger partial charge on any atom is -0.481 e. The van der Waals surface area contributed by atoms with Crippen LogP contribution in [0.5, 0.6) is 0 Å². The van der Waals surface area contributed by atoms with E-state index >= 15 is 0 Å². The number of rotatable bonds is 3. The molecule has 4 nitrogen and oxygen atoms in total. The minimum atomic E-state index is -0.795. The van der Waals surface area contributed by atoms with Gasteiger partial charge in [0, 0.05) is 16.8 Å². The fourth-order valence-corrected chi connectivity index (χ4v) is 2.69. The molecule has 0 radical (unpaired) electrons. The van der Waals surface area contributed by atoms with Crippen LogP contribution in [-0.4, -0.2) is 20.5 Å². The summed E-state index contributed by atoms with van der Waals surface area (Å²) in [4.78, 5) is 16.9. The van der Waals surface area contributed by atoms with Crippen molar-refractivity contribution in [3.05, 3.63) is 22.5 Å². The fraction of sp³-hybridized carbons (Fsp3) is 0.455. The van der Waals surface area contributed by atoms with E-state index in [0.29, 0.717) is 5.92 Å². The molecular weight excluding hydrogens is 224 g/mol. The zero-order valence-electron chi connectivity index (χ0n) is 9.52. The predicted molar refractivity (Wildman–Crippen MR) is 63.2 cm³/mol. The van der Waals surface area contributed by atoms with E-state index in [2.05, 4.69) is 18.8 Å². The Bertz CT molecular complexity index is 539. The summed E-state index contributed by atoms with van der Waals surface area (Å²) in [7, 11) is 0. The summed E-state index contributed by atoms with van der Waals surface area (Å²) in [6.45, 7) is 6.13. The highest BCUT2D eigenvalue weighted by molar-refractivity contribution is 7.17. The van der Waals surface area contributed by atoms with E-state index < -0.39 is 5.97 Å². The number of aromatic nitrogens is 2. The number of hydrogen-bond acceptors (Lipinski definition) is 3. The zero-order chi connectivity index (χ0) is 11.9. The number of fused-ring (bicyclic) bond motifs is 1. The van der Waals surface area contributed by atoms with E-state index in [9.17, 15) is 4.79 Å². The lowest BCUT2D eigenvalue weighted by Gasteiger charge is -1.97. The highest BCUT2D eigenvalue weighted by atomic mass is 32.1. The Kier molecular flexibility index (Phi) is 2.71. The first kappa shape index (κ1) is 11.1. The third-order valence-electron chi connectivity index (χ3n) is 2.57. The average molecular weight is 238 g/mol. The van der Waals surface area contributed by atoms with Crippen molar-refractivity contribution in [1.29, 1.82) is 0 Å². The van der Waals surface area contributed by atoms with Crippen molar-refractivity contribution in [3.63, 3.8) is 0 Å². The Balaban J connectivity index is 2.47. The molecule has 5 heteroatoms. The van der Waals surface area contributed by atoms with Gasteiger partial charge in [0.25, 0.3) is 0 Å². The molecule has 2 heterocycles. The maximum atomic E-state index is 10.7. The highest BCUT2D eigenvalue weighted by Gasteiger charge is 2.14. The van der Waals surface area contributed by atoms with Crippen LogP contribution in [-0.2, 0) is 11.2 Å². The summed E-state index contributed by atoms with van der Waals surface area (Å²) in [6.07, 6.45) is 2.08. The van der Waals surface area contributed by atoms with Crippen LogP contribution in [0.2, 0.25) is 0 Å². The number of hydrogen-bond donors (Lipinski definition) is 1. The van der Waals surface area contributed by atoms with Gasteiger partial charge in [-0.05, 0) is 12.8 Å². The second kappa shape index (κ2) is 3.90. The lowest BCUT2D eigenvalue weighted by atomic mass is 10.2. The van der Waals surface area contributed by atoms with Crippen LogP contribution < -0.4 is 0 Å². The van der Waals surface area contributed by atoms with Gasteiger partial charge in [-0.25, -0.2) is 4.98 Å². The van der Waals surface area contributed by atoms with Crippen LogP contribution in [0.1, 0.15) is 36.0 Å². The largest absolute Gasteiger partial charge is 0.481 e. The summed E-state index contributed by atoms with van der Waals surface area (Å²) in [5.74, 6) is -0.397. The molecule has 1 N–H and O–H groups in total. The molecule has 0 fully saturated rings. The first-order valence-electron chi connectivity index (χ1n) is 5.18. The molecule has 0 saturated heterocycles. The molecule has 0 aliphatic heterocycles. The molecule has 0 saturated carbocycles. The molecule has 0 bridgehead atoms. The summed E-state index contributed by atoms with van der Waals surface area (Å²) in [5, 5.41) is 8.77. The number of carboxylic acids is 1. The normalized spacial score (nSPS) is 11.5. The lowest BCUT2D eigenvalue weighted by molar-refractivity contribution is -0.136. The van der Waals surface area contributed by atoms with Gasteiger partial charge in [-0.3, -0.25) is 9.20 Å². The average Bonchev–Trinajstić information content (AvgIpc) is 2.68. The van der Waals surface area contributed by atoms with Crippen LogP contribution in [0.25, 0.3) is 4.96 Å². The molecule has 2 aromatic rings. The second-order valence-electron chi connectivity index (χ2n) is 4.15. The van der Waals surface area contributed by atoms with Crippen LogP contribution in [0.15, 0.2) is 6.20 Å². The van der Waals surface area contributed by atoms with Crippen molar-refractivity contribution < 1.29 is 9.90 Å². The Morgan fingerprint density at radius 3 is 2.81 bits per heavy atom. The number of nitrogens with zero attached hydrogens (tertiary/aromatic N) is 2. The van der Waals surface area contributed by atoms with E-state index in [1.165, 1.54) is 11.3 Å². The monoisotopic (exact) mass is 238 g/mol. The van der Waals surface area contributed by atoms with E-state index in [0.717, 1.165) is 21.2 Å². The molecule has 2 rings (SSSR count). The number of carboxylic acid groups (broad SMARTS) is 1. The standard InChI is InChI=1S/C11H14N2O2S/c1-6(2)8-5-13-7(3)9(4-10(14)15)16-11(13)12-8/h5-6H,4H2,1-3H3,(H,14,15). The second-order valence-corrected chi connectivity index (χ2v) is 5.22. The van der Waals surface area contributed by atoms with Gasteiger partial charge >= 0.3 is 5.97 Å². The maximum absolute atomic E-state index is 10.7. The van der Waals surface area contributed by atoms with Crippen molar-refractivity contribution in [2.45, 2.75) is 33.1 Å². The van der Waals surface area contributed by atoms with Gasteiger partial charge < -0.3 is 5.11 Å². The Morgan fingerprint density at radius 1 is 1.62 bits per heavy atom. The molecule has 0 amide bonds. The number of imidazole rings is 1. The van der Waals surface area contributed by atoms with Gasteiger partial charge in [0.2, 0.25) is 0 Å². The molecule has 2 aromatic heterocycles. The van der Waals surface area contributed by atoms with Crippen LogP contribution in [0, 0.1) is 6.92 Å². The molecule has 0 aliphatic rings. The molecule has 0 aromatic carbocycles. The van der Waals surface area contributed by atoms with Crippen molar-refractivity contribution in [3.8, 4) is 0 Å². The van der Waals surface area contributed by atoms with E-state index in [1.807, 2.05) is 17.5 Å². The first-order chi connectivity index (χ1) is 7.49. The summed E-state index contributed by atoms with van der Waals surface area (Å²) < 4.78 is 1.98. The van der Waals surface area contributed by atoms with E-state index in [-0.39, 0.29) is 6.42 Å². The highest BCUT2D eigenvalue weighted by Crippen LogP contribution is 2.25. The smallest absolute Gasteiger partial charge is 0.308 e. The minimum absolute atomic E-state index is 0.0802. The lowest BCUT2D eigenvalue weighted by Crippen LogP contribution is -2.00. The molecule has 86 valence electrons. The zero-order valence-corrected chi connectivity index (χ0v) is 10.3. The van der Waals surface area contributed by atoms with Crippen LogP contribution in [0.4, 0.5) is 0 Å². The first-order valence-corrected chi connectivity index (χ1v) is 5.99. The maximum Gasteiger partial charge on any atom is 0.308 e. The Morgan fingerprint density at radius 2 is 2.31 bits per heavy atom. The third-order valence-corrected chi connectivity index (χ3v) is 3.73. The molecular formula is C11H14N2O2S. The molecule has 0 aliphatic carbocycles. The van der Waals surface area contributed by atoms with Crippen molar-refractivity contribution in [2.24, 2.45) is 0 Å². The summed E-state index contributed by atoms with van der Waals surface area (Å²) >= 11 is 1.46. The van der Waals surface area contributed by atoms with Gasteiger partial charge in [-0.2, -0.15) is 0 Å². The fourth-order valence-electron chi connectivity index (χ4n) is 1.59. The van der Waals surface area contributed by atoms with Crippen molar-refractivity contribution >= 4 is 22.3 Å². The molecule has 0 spiro atoms. The third kappa shape index (κ3) is 1.82. The Hall–Kier alpha value is -1.36. The quantitative estimate of drug-likeness (QED) is 0.893. The number of thiazole rings is 1. The number of aliphatic carboxylic acids is 1. The van der Waals surface area contributed by atoms with E-state index in [4.69, 9.17) is 5.11 Å². The van der Waals surface area contributed by atoms with Gasteiger partial charge in [-0.1, -0.05) is 13.8 Å². The summed E-state index contributed by atoms with van der Waals surface area (Å²) in [6, 6.07) is 0. The van der Waals surface area contributed by atoms with Gasteiger partial charge in [0.05, 0.1) is 12.1 Å². The Labute approximate surface area is 97.6 Å². The molecule has 0 unspecified atom stereocenters. The van der Waals surface area contributed by atoms with Crippen LogP contribution in [0.3, 0.4) is 0 Å². The predicted octanol–water partition coefficient (Wildman–Crippen LogP) is 2.45. The van der Waals surface area contributed by atoms with Crippen molar-refractivity contribution in [1.82, 2.24) is 9.38 Å². The van der Waals surface area contributed by atoms with Gasteiger partial charge in [0.1, 0.15) is 0 Å². The van der Waals surface area contributed by atoms with Gasteiger partial charge in [-0.15, -0.1) is 11.3 Å². The van der Waals surface area contributed by atoms with Gasteiger partial charge in [0.15, 0.2) is 4.96 Å². The topological polar surface area (TPSA) is 54.6 Å². The number of aryl methyl sites for hydroxylation is 1. The molecule has 16 heavy (non-hydrogen) atoms. The van der Waals surface area contributed by atoms with Crippen LogP contribution >= 0.6 is 11.3 Å². The van der Waals surface area contributed by atoms with Crippen molar-refractivity contribution in [2.75, 3.05) is 0 Å². The number of carbonyl (C=O) groups is 1.